The van der Waals surface area contributed by atoms with Gasteiger partial charge in [0.1, 0.15) is 32.3 Å². The van der Waals surface area contributed by atoms with Crippen LogP contribution in [0.2, 0.25) is 0 Å². The van der Waals surface area contributed by atoms with Gasteiger partial charge in [0, 0.05) is 13.0 Å². The first-order valence-electron chi connectivity index (χ1n) is 21.1. The molecule has 48 heavy (non-hydrogen) atoms. The number of quaternary nitrogens is 1. The lowest BCUT2D eigenvalue weighted by Crippen LogP contribution is -2.56. The van der Waals surface area contributed by atoms with Crippen LogP contribution in [0.25, 0.3) is 0 Å². The first-order valence-corrected chi connectivity index (χ1v) is 21.1. The van der Waals surface area contributed by atoms with E-state index in [9.17, 15) is 4.79 Å². The van der Waals surface area contributed by atoms with E-state index in [0.717, 1.165) is 63.2 Å². The van der Waals surface area contributed by atoms with E-state index in [2.05, 4.69) is 45.2 Å². The summed E-state index contributed by atoms with van der Waals surface area (Å²) in [6.45, 7) is 10.2. The Morgan fingerprint density at radius 2 is 1.02 bits per heavy atom. The van der Waals surface area contributed by atoms with Crippen LogP contribution in [0.4, 0.5) is 0 Å². The molecule has 0 aromatic rings. The smallest absolute Gasteiger partial charge is 0.305 e. The topological polar surface area (TPSA) is 44.8 Å². The molecule has 0 aliphatic carbocycles. The number of morpholine rings is 1. The highest BCUT2D eigenvalue weighted by molar-refractivity contribution is 5.69. The van der Waals surface area contributed by atoms with Crippen molar-refractivity contribution in [2.45, 2.75) is 193 Å². The molecule has 1 fully saturated rings. The van der Waals surface area contributed by atoms with Crippen molar-refractivity contribution < 1.29 is 23.5 Å². The van der Waals surface area contributed by atoms with Crippen LogP contribution < -0.4 is 0 Å². The minimum Gasteiger partial charge on any atom is -0.463 e. The Bertz CT molecular complexity index is 745. The largest absolute Gasteiger partial charge is 0.463 e. The molecule has 5 nitrogen and oxygen atoms in total. The molecule has 1 aliphatic rings. The Morgan fingerprint density at radius 1 is 0.604 bits per heavy atom. The Balaban J connectivity index is 2.11. The lowest BCUT2D eigenvalue weighted by atomic mass is 10.1. The van der Waals surface area contributed by atoms with Crippen molar-refractivity contribution in [3.05, 3.63) is 24.3 Å². The Kier molecular flexibility index (Phi) is 32.0. The van der Waals surface area contributed by atoms with Gasteiger partial charge in [-0.1, -0.05) is 141 Å². The van der Waals surface area contributed by atoms with E-state index in [4.69, 9.17) is 14.2 Å². The Hall–Kier alpha value is -1.17. The maximum absolute atomic E-state index is 12.6. The van der Waals surface area contributed by atoms with E-state index in [1.807, 2.05) is 0 Å². The Labute approximate surface area is 299 Å². The molecule has 0 N–H and O–H groups in total. The van der Waals surface area contributed by atoms with Gasteiger partial charge in [-0.2, -0.15) is 0 Å². The van der Waals surface area contributed by atoms with E-state index in [1.165, 1.54) is 148 Å². The fraction of sp³-hybridized carbons (Fsp3) is 0.884. The number of unbranched alkanes of at least 4 members (excludes halogenated alkanes) is 22. The number of likely N-dealkylation sites (N-methyl/N-ethyl adjacent to an activating group) is 1. The summed E-state index contributed by atoms with van der Waals surface area (Å²) in [7, 11) is 2.29. The number of hydrogen-bond donors (Lipinski definition) is 0. The summed E-state index contributed by atoms with van der Waals surface area (Å²) < 4.78 is 18.7. The van der Waals surface area contributed by atoms with Gasteiger partial charge in [-0.05, 0) is 64.2 Å². The number of ether oxygens (including phenoxy) is 3. The molecular weight excluding hydrogens is 594 g/mol. The third-order valence-corrected chi connectivity index (χ3v) is 10.0. The third-order valence-electron chi connectivity index (χ3n) is 10.0. The van der Waals surface area contributed by atoms with Gasteiger partial charge >= 0.3 is 5.97 Å². The number of esters is 1. The average Bonchev–Trinajstić information content (AvgIpc) is 3.08. The van der Waals surface area contributed by atoms with Gasteiger partial charge in [-0.15, -0.1) is 0 Å². The molecule has 1 aliphatic heterocycles. The first kappa shape index (κ1) is 44.9. The molecule has 1 unspecified atom stereocenters. The highest BCUT2D eigenvalue weighted by Crippen LogP contribution is 2.15. The number of nitrogens with zero attached hydrogens (tertiary/aromatic N) is 1. The van der Waals surface area contributed by atoms with E-state index in [0.29, 0.717) is 13.0 Å². The Morgan fingerprint density at radius 3 is 1.50 bits per heavy atom. The number of hydrogen-bond acceptors (Lipinski definition) is 4. The van der Waals surface area contributed by atoms with Crippen LogP contribution in [0.3, 0.4) is 0 Å². The zero-order chi connectivity index (χ0) is 34.6. The summed E-state index contributed by atoms with van der Waals surface area (Å²) in [5, 5.41) is 0. The van der Waals surface area contributed by atoms with Crippen LogP contribution in [-0.2, 0) is 19.0 Å². The quantitative estimate of drug-likeness (QED) is 0.0290. The van der Waals surface area contributed by atoms with Crippen LogP contribution >= 0.6 is 0 Å². The van der Waals surface area contributed by atoms with E-state index < -0.39 is 0 Å². The summed E-state index contributed by atoms with van der Waals surface area (Å²) in [6.07, 6.45) is 43.4. The number of carbonyl (C=O) groups excluding carboxylic acids is 1. The molecule has 0 radical (unpaired) electrons. The molecule has 0 bridgehead atoms. The molecule has 1 rings (SSSR count). The van der Waals surface area contributed by atoms with Gasteiger partial charge in [0.15, 0.2) is 0 Å². The SMILES string of the molecule is CCCCCCCC/C=C\CCCCCCCOC(COC(=O)CCCCCCC/C=C\CCCCCCCC)C[N+]1(C)CCOCC1. The molecule has 1 heterocycles. The zero-order valence-corrected chi connectivity index (χ0v) is 32.5. The minimum atomic E-state index is -0.0631. The van der Waals surface area contributed by atoms with Gasteiger partial charge in [-0.25, -0.2) is 0 Å². The number of allylic oxidation sites excluding steroid dienone is 4. The van der Waals surface area contributed by atoms with Crippen molar-refractivity contribution in [3.63, 3.8) is 0 Å². The minimum absolute atomic E-state index is 0.0389. The number of carbonyl (C=O) groups is 1. The highest BCUT2D eigenvalue weighted by atomic mass is 16.6. The van der Waals surface area contributed by atoms with Gasteiger partial charge in [0.05, 0.1) is 20.3 Å². The molecule has 282 valence electrons. The average molecular weight is 677 g/mol. The van der Waals surface area contributed by atoms with Crippen LogP contribution in [-0.4, -0.2) is 69.7 Å². The molecular formula is C43H82NO4+. The van der Waals surface area contributed by atoms with Crippen molar-refractivity contribution in [2.75, 3.05) is 53.1 Å². The molecule has 1 atom stereocenters. The van der Waals surface area contributed by atoms with Gasteiger partial charge in [0.25, 0.3) is 0 Å². The second kappa shape index (κ2) is 34.3. The molecule has 0 amide bonds. The van der Waals surface area contributed by atoms with Crippen molar-refractivity contribution in [1.29, 1.82) is 0 Å². The van der Waals surface area contributed by atoms with Gasteiger partial charge in [-0.3, -0.25) is 4.79 Å². The maximum atomic E-state index is 12.6. The molecule has 5 heteroatoms. The fourth-order valence-electron chi connectivity index (χ4n) is 6.63. The van der Waals surface area contributed by atoms with Crippen LogP contribution in [0.15, 0.2) is 24.3 Å². The summed E-state index contributed by atoms with van der Waals surface area (Å²) >= 11 is 0. The third kappa shape index (κ3) is 29.7. The predicted molar refractivity (Wildman–Crippen MR) is 207 cm³/mol. The van der Waals surface area contributed by atoms with Crippen LogP contribution in [0, 0.1) is 0 Å². The van der Waals surface area contributed by atoms with Crippen molar-refractivity contribution in [1.82, 2.24) is 0 Å². The second-order valence-electron chi connectivity index (χ2n) is 15.0. The monoisotopic (exact) mass is 677 g/mol. The first-order chi connectivity index (χ1) is 23.6. The van der Waals surface area contributed by atoms with E-state index >= 15 is 0 Å². The normalized spacial score (nSPS) is 15.5. The number of rotatable bonds is 35. The zero-order valence-electron chi connectivity index (χ0n) is 32.5. The van der Waals surface area contributed by atoms with Crippen molar-refractivity contribution >= 4 is 5.97 Å². The maximum Gasteiger partial charge on any atom is 0.305 e. The second-order valence-corrected chi connectivity index (χ2v) is 15.0. The molecule has 0 aromatic carbocycles. The predicted octanol–water partition coefficient (Wildman–Crippen LogP) is 12.1. The summed E-state index contributed by atoms with van der Waals surface area (Å²) in [4.78, 5) is 12.6. The van der Waals surface area contributed by atoms with Crippen molar-refractivity contribution in [2.24, 2.45) is 0 Å². The fourth-order valence-corrected chi connectivity index (χ4v) is 6.63. The van der Waals surface area contributed by atoms with Gasteiger partial charge in [0.2, 0.25) is 0 Å². The molecule has 0 aromatic heterocycles. The van der Waals surface area contributed by atoms with Crippen LogP contribution in [0.1, 0.15) is 187 Å². The van der Waals surface area contributed by atoms with Crippen LogP contribution in [0.5, 0.6) is 0 Å². The molecule has 1 saturated heterocycles. The van der Waals surface area contributed by atoms with Gasteiger partial charge < -0.3 is 18.7 Å². The highest BCUT2D eigenvalue weighted by Gasteiger charge is 2.30. The molecule has 0 saturated carbocycles. The lowest BCUT2D eigenvalue weighted by molar-refractivity contribution is -0.919. The summed E-state index contributed by atoms with van der Waals surface area (Å²) in [5.74, 6) is -0.0631. The lowest BCUT2D eigenvalue weighted by Gasteiger charge is -2.39. The molecule has 0 spiro atoms. The summed E-state index contributed by atoms with van der Waals surface area (Å²) in [6, 6.07) is 0. The van der Waals surface area contributed by atoms with E-state index in [-0.39, 0.29) is 12.1 Å². The summed E-state index contributed by atoms with van der Waals surface area (Å²) in [5.41, 5.74) is 0. The van der Waals surface area contributed by atoms with Crippen molar-refractivity contribution in [3.8, 4) is 0 Å². The van der Waals surface area contributed by atoms with E-state index in [1.54, 1.807) is 0 Å². The standard InChI is InChI=1S/C43H82NO4/c1-4-6-8-10-12-14-16-18-20-22-24-26-28-30-32-34-43(45)48-41-42(40-44(3)35-38-46-39-36-44)47-37-33-31-29-27-25-23-21-19-17-15-13-11-9-7-5-2/h18-21,42H,4-17,22-41H2,1-3H3/q+1/b20-18-,21-19-.